The summed E-state index contributed by atoms with van der Waals surface area (Å²) in [7, 11) is 0. The van der Waals surface area contributed by atoms with Gasteiger partial charge < -0.3 is 10.2 Å². The number of pyridine rings is 2. The van der Waals surface area contributed by atoms with Crippen molar-refractivity contribution in [2.45, 2.75) is 6.54 Å². The van der Waals surface area contributed by atoms with Gasteiger partial charge in [-0.3, -0.25) is 14.3 Å². The van der Waals surface area contributed by atoms with Crippen LogP contribution in [0.15, 0.2) is 59.0 Å². The third-order valence-corrected chi connectivity index (χ3v) is 6.74. The lowest BCUT2D eigenvalue weighted by molar-refractivity contribution is 0.0695. The van der Waals surface area contributed by atoms with E-state index in [9.17, 15) is 19.8 Å². The maximum Gasteiger partial charge on any atom is 0.341 e. The molecule has 148 valence electrons. The number of rotatable bonds is 4. The first-order valence-corrected chi connectivity index (χ1v) is 10.6. The van der Waals surface area contributed by atoms with Crippen LogP contribution in [0.4, 0.5) is 0 Å². The average molecular weight is 435 g/mol. The fourth-order valence-electron chi connectivity index (χ4n) is 3.46. The molecule has 30 heavy (non-hydrogen) atoms. The average Bonchev–Trinajstić information content (AvgIpc) is 3.40. The number of fused-ring (bicyclic) bond motifs is 2. The van der Waals surface area contributed by atoms with Gasteiger partial charge in [-0.25, -0.2) is 9.78 Å². The minimum Gasteiger partial charge on any atom is -0.502 e. The molecule has 0 unspecified atom stereocenters. The standard InChI is InChI=1S/C21H13N3O4S2/c25-17-16(21(27)28)18-15(6-8-29-18)24(20(17)26)10-11-9-23-19(30-11)13-3-1-5-14-12(13)4-2-7-22-14/h1-9,25H,10H2,(H,27,28). The molecule has 0 saturated heterocycles. The molecule has 0 atom stereocenters. The lowest BCUT2D eigenvalue weighted by Crippen LogP contribution is -2.22. The van der Waals surface area contributed by atoms with E-state index >= 15 is 0 Å². The fraction of sp³-hybridized carbons (Fsp3) is 0.0476. The van der Waals surface area contributed by atoms with E-state index in [0.29, 0.717) is 10.2 Å². The molecule has 0 bridgehead atoms. The van der Waals surface area contributed by atoms with Gasteiger partial charge in [0.2, 0.25) is 0 Å². The number of thiophene rings is 1. The van der Waals surface area contributed by atoms with E-state index in [1.165, 1.54) is 27.2 Å². The molecule has 0 fully saturated rings. The first-order valence-electron chi connectivity index (χ1n) is 8.89. The molecule has 4 heterocycles. The number of carbonyl (C=O) groups is 1. The van der Waals surface area contributed by atoms with Crippen LogP contribution in [0.25, 0.3) is 31.7 Å². The summed E-state index contributed by atoms with van der Waals surface area (Å²) < 4.78 is 1.75. The number of hydrogen-bond acceptors (Lipinski definition) is 7. The predicted octanol–water partition coefficient (Wildman–Crippen LogP) is 4.19. The smallest absolute Gasteiger partial charge is 0.341 e. The van der Waals surface area contributed by atoms with Gasteiger partial charge in [-0.2, -0.15) is 0 Å². The second-order valence-electron chi connectivity index (χ2n) is 6.56. The van der Waals surface area contributed by atoms with Crippen LogP contribution < -0.4 is 5.56 Å². The Kier molecular flexibility index (Phi) is 4.34. The van der Waals surface area contributed by atoms with Crippen LogP contribution in [0.2, 0.25) is 0 Å². The molecule has 0 amide bonds. The molecule has 5 rings (SSSR count). The van der Waals surface area contributed by atoms with Crippen LogP contribution in [-0.4, -0.2) is 30.7 Å². The number of aromatic carboxylic acids is 1. The zero-order chi connectivity index (χ0) is 20.8. The Bertz CT molecular complexity index is 1490. The lowest BCUT2D eigenvalue weighted by Gasteiger charge is -2.09. The van der Waals surface area contributed by atoms with Gasteiger partial charge in [0.25, 0.3) is 5.56 Å². The molecule has 0 aliphatic carbocycles. The van der Waals surface area contributed by atoms with Gasteiger partial charge in [0, 0.05) is 28.2 Å². The number of thiazole rings is 1. The normalized spacial score (nSPS) is 11.3. The molecule has 2 N–H and O–H groups in total. The summed E-state index contributed by atoms with van der Waals surface area (Å²) in [6.45, 7) is 0.181. The van der Waals surface area contributed by atoms with Crippen LogP contribution in [0.3, 0.4) is 0 Å². The highest BCUT2D eigenvalue weighted by Crippen LogP contribution is 2.33. The van der Waals surface area contributed by atoms with Crippen molar-refractivity contribution in [1.29, 1.82) is 0 Å². The molecular formula is C21H13N3O4S2. The molecule has 4 aromatic heterocycles. The molecule has 9 heteroatoms. The van der Waals surface area contributed by atoms with Crippen LogP contribution in [0, 0.1) is 0 Å². The monoisotopic (exact) mass is 435 g/mol. The van der Waals surface area contributed by atoms with Crippen molar-refractivity contribution in [2.24, 2.45) is 0 Å². The van der Waals surface area contributed by atoms with E-state index in [1.54, 1.807) is 23.8 Å². The van der Waals surface area contributed by atoms with Gasteiger partial charge in [0.05, 0.1) is 22.3 Å². The highest BCUT2D eigenvalue weighted by atomic mass is 32.1. The maximum absolute atomic E-state index is 12.7. The summed E-state index contributed by atoms with van der Waals surface area (Å²) in [5.74, 6) is -2.07. The third kappa shape index (κ3) is 2.87. The number of aromatic hydroxyl groups is 1. The Morgan fingerprint density at radius 3 is 2.83 bits per heavy atom. The molecule has 5 aromatic rings. The predicted molar refractivity (Wildman–Crippen MR) is 117 cm³/mol. The summed E-state index contributed by atoms with van der Waals surface area (Å²) >= 11 is 2.61. The van der Waals surface area contributed by atoms with Gasteiger partial charge in [0.15, 0.2) is 5.75 Å². The Balaban J connectivity index is 1.60. The molecule has 0 spiro atoms. The highest BCUT2D eigenvalue weighted by Gasteiger charge is 2.22. The van der Waals surface area contributed by atoms with Gasteiger partial charge in [-0.05, 0) is 23.6 Å². The summed E-state index contributed by atoms with van der Waals surface area (Å²) in [5.41, 5.74) is 1.22. The second-order valence-corrected chi connectivity index (χ2v) is 8.59. The number of carboxylic acids is 1. The lowest BCUT2D eigenvalue weighted by atomic mass is 10.1. The molecule has 0 saturated carbocycles. The number of hydrogen-bond donors (Lipinski definition) is 2. The SMILES string of the molecule is O=C(O)c1c(O)c(=O)n(Cc2cnc(-c3cccc4ncccc34)s2)c2ccsc12. The first-order chi connectivity index (χ1) is 14.5. The minimum absolute atomic E-state index is 0.181. The number of carboxylic acid groups (broad SMARTS) is 1. The number of benzene rings is 1. The quantitative estimate of drug-likeness (QED) is 0.439. The van der Waals surface area contributed by atoms with Crippen molar-refractivity contribution in [1.82, 2.24) is 14.5 Å². The molecular weight excluding hydrogens is 422 g/mol. The summed E-state index contributed by atoms with van der Waals surface area (Å²) in [4.78, 5) is 33.9. The van der Waals surface area contributed by atoms with Crippen molar-refractivity contribution in [2.75, 3.05) is 0 Å². The van der Waals surface area contributed by atoms with Crippen molar-refractivity contribution >= 4 is 49.8 Å². The third-order valence-electron chi connectivity index (χ3n) is 4.80. The topological polar surface area (TPSA) is 105 Å². The zero-order valence-corrected chi connectivity index (χ0v) is 16.9. The summed E-state index contributed by atoms with van der Waals surface area (Å²) in [5, 5.41) is 23.1. The maximum atomic E-state index is 12.7. The van der Waals surface area contributed by atoms with Crippen LogP contribution >= 0.6 is 22.7 Å². The van der Waals surface area contributed by atoms with E-state index in [1.807, 2.05) is 30.3 Å². The van der Waals surface area contributed by atoms with E-state index in [-0.39, 0.29) is 12.1 Å². The van der Waals surface area contributed by atoms with Crippen molar-refractivity contribution in [3.63, 3.8) is 0 Å². The van der Waals surface area contributed by atoms with Crippen LogP contribution in [0.1, 0.15) is 15.2 Å². The Morgan fingerprint density at radius 2 is 2.00 bits per heavy atom. The van der Waals surface area contributed by atoms with Crippen molar-refractivity contribution < 1.29 is 15.0 Å². The summed E-state index contributed by atoms with van der Waals surface area (Å²) in [6, 6.07) is 11.4. The van der Waals surface area contributed by atoms with Crippen LogP contribution in [-0.2, 0) is 6.54 Å². The first kappa shape index (κ1) is 18.5. The van der Waals surface area contributed by atoms with Gasteiger partial charge in [0.1, 0.15) is 10.6 Å². The molecule has 7 nitrogen and oxygen atoms in total. The molecule has 1 aromatic carbocycles. The van der Waals surface area contributed by atoms with Crippen LogP contribution in [0.5, 0.6) is 5.75 Å². The van der Waals surface area contributed by atoms with Crippen molar-refractivity contribution in [3.8, 4) is 16.3 Å². The Hall–Kier alpha value is -3.56. The largest absolute Gasteiger partial charge is 0.502 e. The van der Waals surface area contributed by atoms with Gasteiger partial charge in [-0.1, -0.05) is 18.2 Å². The zero-order valence-electron chi connectivity index (χ0n) is 15.3. The molecule has 0 radical (unpaired) electrons. The second kappa shape index (κ2) is 7.05. The van der Waals surface area contributed by atoms with E-state index in [0.717, 1.165) is 26.4 Å². The Labute approximate surface area is 177 Å². The van der Waals surface area contributed by atoms with Gasteiger partial charge >= 0.3 is 5.97 Å². The fourth-order valence-corrected chi connectivity index (χ4v) is 5.33. The van der Waals surface area contributed by atoms with E-state index in [2.05, 4.69) is 9.97 Å². The molecule has 0 aliphatic rings. The summed E-state index contributed by atoms with van der Waals surface area (Å²) in [6.07, 6.45) is 3.44. The van der Waals surface area contributed by atoms with E-state index < -0.39 is 17.3 Å². The van der Waals surface area contributed by atoms with Gasteiger partial charge in [-0.15, -0.1) is 22.7 Å². The van der Waals surface area contributed by atoms with Crippen molar-refractivity contribution in [3.05, 3.63) is 75.0 Å². The molecule has 0 aliphatic heterocycles. The van der Waals surface area contributed by atoms with E-state index in [4.69, 9.17) is 0 Å². The minimum atomic E-state index is -1.33. The Morgan fingerprint density at radius 1 is 1.13 bits per heavy atom. The number of nitrogens with zero attached hydrogens (tertiary/aromatic N) is 3. The highest BCUT2D eigenvalue weighted by molar-refractivity contribution is 7.17. The number of aromatic nitrogens is 3.